The first kappa shape index (κ1) is 18.4. The lowest BCUT2D eigenvalue weighted by Crippen LogP contribution is -2.33. The molecular formula is C12H19N5O5S2. The number of rotatable bonds is 7. The van der Waals surface area contributed by atoms with Gasteiger partial charge in [0.2, 0.25) is 25.9 Å². The molecule has 134 valence electrons. The zero-order valence-electron chi connectivity index (χ0n) is 13.4. The molecule has 12 heteroatoms. The van der Waals surface area contributed by atoms with E-state index in [2.05, 4.69) is 14.8 Å². The number of ether oxygens (including phenoxy) is 1. The molecule has 3 N–H and O–H groups in total. The van der Waals surface area contributed by atoms with Gasteiger partial charge in [-0.05, 0) is 6.07 Å². The predicted octanol–water partition coefficient (Wildman–Crippen LogP) is -0.206. The maximum atomic E-state index is 11.3. The van der Waals surface area contributed by atoms with Crippen molar-refractivity contribution in [1.29, 1.82) is 0 Å². The Hall–Kier alpha value is -1.92. The lowest BCUT2D eigenvalue weighted by Gasteiger charge is -2.22. The summed E-state index contributed by atoms with van der Waals surface area (Å²) in [4.78, 5) is 4.02. The minimum Gasteiger partial charge on any atom is -0.476 e. The minimum absolute atomic E-state index is 0.0610. The number of fused-ring (bicyclic) bond motifs is 1. The van der Waals surface area contributed by atoms with E-state index >= 15 is 0 Å². The number of hydrogen-bond donors (Lipinski definition) is 2. The Kier molecular flexibility index (Phi) is 4.74. The van der Waals surface area contributed by atoms with Crippen molar-refractivity contribution >= 4 is 31.5 Å². The standard InChI is InChI=1S/C12H19N5O5S2/c1-12(2,8-24(13,20)21)7-22-11-5-4-9-14-6-10(17(9)15-11)16-23(3,18)19/h4-6,16H,7-8H2,1-3H3,(H2,13,20,21). The Morgan fingerprint density at radius 2 is 1.96 bits per heavy atom. The molecule has 0 aliphatic carbocycles. The summed E-state index contributed by atoms with van der Waals surface area (Å²) in [7, 11) is -7.11. The Bertz CT molecular complexity index is 949. The number of sulfonamides is 2. The van der Waals surface area contributed by atoms with Crippen molar-refractivity contribution in [2.24, 2.45) is 10.6 Å². The van der Waals surface area contributed by atoms with Crippen LogP contribution in [0.1, 0.15) is 13.8 Å². The van der Waals surface area contributed by atoms with E-state index in [9.17, 15) is 16.8 Å². The monoisotopic (exact) mass is 377 g/mol. The van der Waals surface area contributed by atoms with E-state index in [1.54, 1.807) is 26.0 Å². The molecule has 2 aromatic heterocycles. The lowest BCUT2D eigenvalue weighted by molar-refractivity contribution is 0.191. The van der Waals surface area contributed by atoms with Crippen LogP contribution in [0.15, 0.2) is 18.3 Å². The van der Waals surface area contributed by atoms with Crippen LogP contribution in [0.3, 0.4) is 0 Å². The second-order valence-corrected chi connectivity index (χ2v) is 9.58. The molecule has 0 radical (unpaired) electrons. The first-order valence-electron chi connectivity index (χ1n) is 6.81. The molecule has 24 heavy (non-hydrogen) atoms. The molecule has 10 nitrogen and oxygen atoms in total. The SMILES string of the molecule is CC(C)(COc1ccc2ncc(NS(C)(=O)=O)n2n1)CS(N)(=O)=O. The lowest BCUT2D eigenvalue weighted by atomic mass is 9.98. The molecule has 0 aliphatic rings. The average Bonchev–Trinajstić information content (AvgIpc) is 2.74. The molecule has 0 atom stereocenters. The van der Waals surface area contributed by atoms with Crippen LogP contribution in [0.25, 0.3) is 5.65 Å². The average molecular weight is 377 g/mol. The van der Waals surface area contributed by atoms with Crippen LogP contribution < -0.4 is 14.6 Å². The van der Waals surface area contributed by atoms with Gasteiger partial charge in [0.15, 0.2) is 11.5 Å². The molecule has 0 spiro atoms. The molecule has 0 unspecified atom stereocenters. The van der Waals surface area contributed by atoms with Crippen molar-refractivity contribution in [3.63, 3.8) is 0 Å². The van der Waals surface area contributed by atoms with Gasteiger partial charge in [0.25, 0.3) is 0 Å². The number of nitrogens with zero attached hydrogens (tertiary/aromatic N) is 3. The van der Waals surface area contributed by atoms with Crippen LogP contribution >= 0.6 is 0 Å². The fourth-order valence-electron chi connectivity index (χ4n) is 2.05. The van der Waals surface area contributed by atoms with Gasteiger partial charge in [-0.1, -0.05) is 13.8 Å². The molecular weight excluding hydrogens is 358 g/mol. The summed E-state index contributed by atoms with van der Waals surface area (Å²) in [5, 5.41) is 9.20. The molecule has 0 saturated heterocycles. The van der Waals surface area contributed by atoms with Gasteiger partial charge in [-0.25, -0.2) is 27.0 Å². The summed E-state index contributed by atoms with van der Waals surface area (Å²) in [5.41, 5.74) is -0.287. The first-order chi connectivity index (χ1) is 10.8. The fraction of sp³-hybridized carbons (Fsp3) is 0.500. The normalized spacial score (nSPS) is 13.2. The van der Waals surface area contributed by atoms with Crippen molar-refractivity contribution in [3.05, 3.63) is 18.3 Å². The molecule has 0 amide bonds. The van der Waals surface area contributed by atoms with Crippen LogP contribution in [0.5, 0.6) is 5.88 Å². The van der Waals surface area contributed by atoms with E-state index in [0.29, 0.717) is 5.65 Å². The van der Waals surface area contributed by atoms with Crippen molar-refractivity contribution in [3.8, 4) is 5.88 Å². The highest BCUT2D eigenvalue weighted by atomic mass is 32.2. The maximum absolute atomic E-state index is 11.3. The summed E-state index contributed by atoms with van der Waals surface area (Å²) in [6.07, 6.45) is 2.35. The Morgan fingerprint density at radius 3 is 2.54 bits per heavy atom. The van der Waals surface area contributed by atoms with Gasteiger partial charge in [0.05, 0.1) is 24.8 Å². The molecule has 2 rings (SSSR count). The Morgan fingerprint density at radius 1 is 1.29 bits per heavy atom. The summed E-state index contributed by atoms with van der Waals surface area (Å²) in [5.74, 6) is 0.120. The largest absolute Gasteiger partial charge is 0.476 e. The number of imidazole rings is 1. The van der Waals surface area contributed by atoms with Crippen molar-refractivity contribution < 1.29 is 21.6 Å². The summed E-state index contributed by atoms with van der Waals surface area (Å²) in [6.45, 7) is 3.46. The fourth-order valence-corrected chi connectivity index (χ4v) is 3.74. The molecule has 2 aromatic rings. The second kappa shape index (κ2) is 6.18. The third-order valence-corrected chi connectivity index (χ3v) is 4.59. The number of hydrogen-bond acceptors (Lipinski definition) is 7. The van der Waals surface area contributed by atoms with Crippen LogP contribution in [0.4, 0.5) is 5.82 Å². The zero-order chi connectivity index (χ0) is 18.2. The highest BCUT2D eigenvalue weighted by Crippen LogP contribution is 2.20. The van der Waals surface area contributed by atoms with Gasteiger partial charge in [-0.2, -0.15) is 4.52 Å². The number of nitrogens with two attached hydrogens (primary N) is 1. The van der Waals surface area contributed by atoms with E-state index < -0.39 is 25.5 Å². The highest BCUT2D eigenvalue weighted by Gasteiger charge is 2.25. The first-order valence-corrected chi connectivity index (χ1v) is 10.4. The van der Waals surface area contributed by atoms with Crippen LogP contribution in [-0.4, -0.2) is 50.0 Å². The van der Waals surface area contributed by atoms with Gasteiger partial charge in [-0.3, -0.25) is 4.72 Å². The van der Waals surface area contributed by atoms with E-state index in [4.69, 9.17) is 9.88 Å². The Balaban J connectivity index is 2.20. The minimum atomic E-state index is -3.63. The van der Waals surface area contributed by atoms with Gasteiger partial charge in [0.1, 0.15) is 0 Å². The molecule has 0 fully saturated rings. The second-order valence-electron chi connectivity index (χ2n) is 6.22. The van der Waals surface area contributed by atoms with E-state index in [0.717, 1.165) is 6.26 Å². The maximum Gasteiger partial charge on any atom is 0.231 e. The number of aromatic nitrogens is 3. The van der Waals surface area contributed by atoms with Crippen LogP contribution in [-0.2, 0) is 20.0 Å². The number of anilines is 1. The molecule has 0 aliphatic heterocycles. The van der Waals surface area contributed by atoms with Crippen LogP contribution in [0, 0.1) is 5.41 Å². The van der Waals surface area contributed by atoms with Crippen molar-refractivity contribution in [2.75, 3.05) is 23.3 Å². The summed E-state index contributed by atoms with van der Waals surface area (Å²) >= 11 is 0. The highest BCUT2D eigenvalue weighted by molar-refractivity contribution is 7.92. The molecule has 0 bridgehead atoms. The van der Waals surface area contributed by atoms with Crippen molar-refractivity contribution in [2.45, 2.75) is 13.8 Å². The van der Waals surface area contributed by atoms with E-state index in [-0.39, 0.29) is 24.1 Å². The number of nitrogens with one attached hydrogen (secondary N) is 1. The smallest absolute Gasteiger partial charge is 0.231 e. The summed E-state index contributed by atoms with van der Waals surface area (Å²) < 4.78 is 54.2. The third kappa shape index (κ3) is 5.32. The van der Waals surface area contributed by atoms with Gasteiger partial charge < -0.3 is 4.74 Å². The molecule has 2 heterocycles. The predicted molar refractivity (Wildman–Crippen MR) is 88.7 cm³/mol. The van der Waals surface area contributed by atoms with Crippen LogP contribution in [0.2, 0.25) is 0 Å². The van der Waals surface area contributed by atoms with Gasteiger partial charge in [0, 0.05) is 11.5 Å². The third-order valence-electron chi connectivity index (χ3n) is 2.83. The summed E-state index contributed by atoms with van der Waals surface area (Å²) in [6, 6.07) is 3.15. The molecule has 0 aromatic carbocycles. The quantitative estimate of drug-likeness (QED) is 0.679. The van der Waals surface area contributed by atoms with E-state index in [1.807, 2.05) is 0 Å². The topological polar surface area (TPSA) is 146 Å². The Labute approximate surface area is 140 Å². The van der Waals surface area contributed by atoms with Crippen molar-refractivity contribution in [1.82, 2.24) is 14.6 Å². The molecule has 0 saturated carbocycles. The zero-order valence-corrected chi connectivity index (χ0v) is 15.1. The van der Waals surface area contributed by atoms with Gasteiger partial charge >= 0.3 is 0 Å². The van der Waals surface area contributed by atoms with E-state index in [1.165, 1.54) is 10.7 Å². The van der Waals surface area contributed by atoms with Gasteiger partial charge in [-0.15, -0.1) is 5.10 Å². The number of primary sulfonamides is 1.